The Morgan fingerprint density at radius 2 is 1.23 bits per heavy atom. The van der Waals surface area contributed by atoms with E-state index in [-0.39, 0.29) is 0 Å². The number of rotatable bonds is 2. The van der Waals surface area contributed by atoms with Gasteiger partial charge in [-0.3, -0.25) is 0 Å². The lowest BCUT2D eigenvalue weighted by molar-refractivity contribution is 1.37. The quantitative estimate of drug-likeness (QED) is 0.327. The van der Waals surface area contributed by atoms with Crippen LogP contribution in [0.3, 0.4) is 0 Å². The third kappa shape index (κ3) is 2.55. The third-order valence-corrected chi connectivity index (χ3v) is 4.85. The van der Waals surface area contributed by atoms with Crippen LogP contribution >= 0.6 is 0 Å². The molecule has 1 aromatic heterocycles. The molecule has 122 valence electrons. The van der Waals surface area contributed by atoms with Crippen molar-refractivity contribution in [3.63, 3.8) is 0 Å². The molecule has 0 radical (unpaired) electrons. The van der Waals surface area contributed by atoms with Crippen molar-refractivity contribution in [1.82, 2.24) is 4.98 Å². The Hall–Kier alpha value is -3.45. The van der Waals surface area contributed by atoms with Gasteiger partial charge in [0, 0.05) is 5.39 Å². The average molecular weight is 331 g/mol. The average Bonchev–Trinajstić information content (AvgIpc) is 2.72. The van der Waals surface area contributed by atoms with Crippen molar-refractivity contribution in [1.29, 1.82) is 0 Å². The number of hydrogen-bond acceptors (Lipinski definition) is 1. The van der Waals surface area contributed by atoms with Crippen LogP contribution in [0.5, 0.6) is 0 Å². The molecule has 1 heteroatoms. The first-order valence-electron chi connectivity index (χ1n) is 8.83. The molecule has 0 aliphatic carbocycles. The highest BCUT2D eigenvalue weighted by Gasteiger charge is 2.04. The zero-order chi connectivity index (χ0) is 17.3. The highest BCUT2D eigenvalue weighted by atomic mass is 14.7. The van der Waals surface area contributed by atoms with Crippen LogP contribution in [-0.4, -0.2) is 4.98 Å². The summed E-state index contributed by atoms with van der Waals surface area (Å²) in [6.45, 7) is 0. The third-order valence-electron chi connectivity index (χ3n) is 4.85. The van der Waals surface area contributed by atoms with E-state index in [0.29, 0.717) is 0 Å². The van der Waals surface area contributed by atoms with Gasteiger partial charge in [-0.1, -0.05) is 78.9 Å². The van der Waals surface area contributed by atoms with Gasteiger partial charge in [0.05, 0.1) is 11.2 Å². The van der Waals surface area contributed by atoms with Crippen LogP contribution in [-0.2, 0) is 0 Å². The van der Waals surface area contributed by atoms with Crippen LogP contribution in [0.25, 0.3) is 44.6 Å². The fraction of sp³-hybridized carbons (Fsp3) is 0. The standard InChI is InChI=1S/C25H17N/c1-3-9-22-19(8-1)17-20(23-10-4-5-11-24(22)23)14-16-21-15-13-18-7-2-6-12-25(18)26-21/h1-17H. The van der Waals surface area contributed by atoms with Crippen LogP contribution in [0.1, 0.15) is 11.3 Å². The molecule has 0 amide bonds. The number of fused-ring (bicyclic) bond motifs is 4. The number of pyridine rings is 1. The SMILES string of the molecule is C(=Cc1cc2ccccc2c2ccccc12)c1ccc2ccccc2n1. The molecule has 4 aromatic carbocycles. The number of nitrogens with zero attached hydrogens (tertiary/aromatic N) is 1. The highest BCUT2D eigenvalue weighted by Crippen LogP contribution is 2.29. The zero-order valence-electron chi connectivity index (χ0n) is 14.3. The smallest absolute Gasteiger partial charge is 0.0709 e. The summed E-state index contributed by atoms with van der Waals surface area (Å²) in [4.78, 5) is 4.75. The molecule has 0 unspecified atom stereocenters. The summed E-state index contributed by atoms with van der Waals surface area (Å²) in [6, 6.07) is 31.8. The molecule has 26 heavy (non-hydrogen) atoms. The Labute approximate surface area is 152 Å². The Balaban J connectivity index is 1.66. The molecule has 1 nitrogen and oxygen atoms in total. The Kier molecular flexibility index (Phi) is 3.50. The van der Waals surface area contributed by atoms with Gasteiger partial charge in [-0.25, -0.2) is 4.98 Å². The van der Waals surface area contributed by atoms with E-state index in [1.54, 1.807) is 0 Å². The van der Waals surface area contributed by atoms with Crippen LogP contribution in [0.2, 0.25) is 0 Å². The monoisotopic (exact) mass is 331 g/mol. The number of benzene rings is 4. The van der Waals surface area contributed by atoms with E-state index in [1.807, 2.05) is 12.1 Å². The van der Waals surface area contributed by atoms with Crippen molar-refractivity contribution in [2.75, 3.05) is 0 Å². The molecule has 1 heterocycles. The first-order chi connectivity index (χ1) is 12.9. The van der Waals surface area contributed by atoms with Crippen LogP contribution in [0, 0.1) is 0 Å². The predicted octanol–water partition coefficient (Wildman–Crippen LogP) is 6.71. The predicted molar refractivity (Wildman–Crippen MR) is 112 cm³/mol. The van der Waals surface area contributed by atoms with Crippen molar-refractivity contribution < 1.29 is 0 Å². The molecule has 0 bridgehead atoms. The first-order valence-corrected chi connectivity index (χ1v) is 8.83. The van der Waals surface area contributed by atoms with Crippen molar-refractivity contribution >= 4 is 44.6 Å². The first kappa shape index (κ1) is 14.9. The lowest BCUT2D eigenvalue weighted by Gasteiger charge is -2.07. The fourth-order valence-corrected chi connectivity index (χ4v) is 3.57. The lowest BCUT2D eigenvalue weighted by Crippen LogP contribution is -1.84. The van der Waals surface area contributed by atoms with E-state index in [1.165, 1.54) is 32.5 Å². The second kappa shape index (κ2) is 6.12. The Morgan fingerprint density at radius 1 is 0.538 bits per heavy atom. The van der Waals surface area contributed by atoms with Crippen LogP contribution in [0.4, 0.5) is 0 Å². The van der Waals surface area contributed by atoms with E-state index in [9.17, 15) is 0 Å². The highest BCUT2D eigenvalue weighted by molar-refractivity contribution is 6.11. The molecule has 0 fully saturated rings. The second-order valence-electron chi connectivity index (χ2n) is 6.49. The number of para-hydroxylation sites is 1. The Bertz CT molecular complexity index is 1280. The van der Waals surface area contributed by atoms with Gasteiger partial charge in [0.15, 0.2) is 0 Å². The van der Waals surface area contributed by atoms with Gasteiger partial charge in [-0.15, -0.1) is 0 Å². The molecule has 0 saturated carbocycles. The zero-order valence-corrected chi connectivity index (χ0v) is 14.3. The minimum Gasteiger partial charge on any atom is -0.248 e. The van der Waals surface area contributed by atoms with Crippen LogP contribution in [0.15, 0.2) is 91.0 Å². The largest absolute Gasteiger partial charge is 0.248 e. The van der Waals surface area contributed by atoms with E-state index >= 15 is 0 Å². The molecule has 5 aromatic rings. The Morgan fingerprint density at radius 3 is 2.12 bits per heavy atom. The van der Waals surface area contributed by atoms with E-state index in [2.05, 4.69) is 91.0 Å². The van der Waals surface area contributed by atoms with Crippen molar-refractivity contribution in [3.8, 4) is 0 Å². The minimum absolute atomic E-state index is 0.973. The van der Waals surface area contributed by atoms with Gasteiger partial charge in [-0.2, -0.15) is 0 Å². The normalized spacial score (nSPS) is 11.7. The molecule has 0 N–H and O–H groups in total. The van der Waals surface area contributed by atoms with Gasteiger partial charge in [-0.05, 0) is 51.4 Å². The summed E-state index contributed by atoms with van der Waals surface area (Å²) in [7, 11) is 0. The molecule has 0 saturated heterocycles. The summed E-state index contributed by atoms with van der Waals surface area (Å²) in [5.41, 5.74) is 3.22. The second-order valence-corrected chi connectivity index (χ2v) is 6.49. The van der Waals surface area contributed by atoms with Gasteiger partial charge < -0.3 is 0 Å². The topological polar surface area (TPSA) is 12.9 Å². The van der Waals surface area contributed by atoms with E-state index in [0.717, 1.165) is 11.2 Å². The molecule has 5 rings (SSSR count). The summed E-state index contributed by atoms with van der Waals surface area (Å²) < 4.78 is 0. The number of aromatic nitrogens is 1. The maximum Gasteiger partial charge on any atom is 0.0709 e. The minimum atomic E-state index is 0.973. The van der Waals surface area contributed by atoms with Gasteiger partial charge in [0.2, 0.25) is 0 Å². The molecule has 0 aliphatic heterocycles. The summed E-state index contributed by atoms with van der Waals surface area (Å²) >= 11 is 0. The van der Waals surface area contributed by atoms with E-state index < -0.39 is 0 Å². The van der Waals surface area contributed by atoms with Gasteiger partial charge in [0.1, 0.15) is 0 Å². The van der Waals surface area contributed by atoms with Crippen molar-refractivity contribution in [2.45, 2.75) is 0 Å². The fourth-order valence-electron chi connectivity index (χ4n) is 3.57. The van der Waals surface area contributed by atoms with Gasteiger partial charge >= 0.3 is 0 Å². The maximum atomic E-state index is 4.75. The van der Waals surface area contributed by atoms with Gasteiger partial charge in [0.25, 0.3) is 0 Å². The molecular formula is C25H17N. The summed E-state index contributed by atoms with van der Waals surface area (Å²) in [5.74, 6) is 0. The van der Waals surface area contributed by atoms with Crippen molar-refractivity contribution in [2.24, 2.45) is 0 Å². The molecule has 0 aliphatic rings. The summed E-state index contributed by atoms with van der Waals surface area (Å²) in [5, 5.41) is 6.28. The molecule has 0 atom stereocenters. The van der Waals surface area contributed by atoms with E-state index in [4.69, 9.17) is 4.98 Å². The summed E-state index contributed by atoms with van der Waals surface area (Å²) in [6.07, 6.45) is 4.27. The molecular weight excluding hydrogens is 314 g/mol. The lowest BCUT2D eigenvalue weighted by atomic mass is 9.97. The van der Waals surface area contributed by atoms with Crippen LogP contribution < -0.4 is 0 Å². The molecule has 0 spiro atoms. The number of hydrogen-bond donors (Lipinski definition) is 0. The van der Waals surface area contributed by atoms with Crippen molar-refractivity contribution in [3.05, 3.63) is 102 Å². The maximum absolute atomic E-state index is 4.75.